The molecule has 2 rings (SSSR count). The predicted octanol–water partition coefficient (Wildman–Crippen LogP) is 3.60. The highest BCUT2D eigenvalue weighted by Gasteiger charge is 2.09. The van der Waals surface area contributed by atoms with E-state index in [2.05, 4.69) is 41.3 Å². The molecule has 0 aromatic heterocycles. The Kier molecular flexibility index (Phi) is 7.10. The van der Waals surface area contributed by atoms with Crippen LogP contribution in [0.1, 0.15) is 12.5 Å². The molecule has 25 heavy (non-hydrogen) atoms. The number of nitrogens with two attached hydrogens (primary N) is 1. The van der Waals surface area contributed by atoms with Crippen LogP contribution in [-0.2, 0) is 6.54 Å². The van der Waals surface area contributed by atoms with Crippen molar-refractivity contribution in [1.82, 2.24) is 4.90 Å². The lowest BCUT2D eigenvalue weighted by Gasteiger charge is -2.23. The molecular weight excluding hydrogens is 336 g/mol. The first kappa shape index (κ1) is 19.1. The van der Waals surface area contributed by atoms with Crippen LogP contribution in [0.15, 0.2) is 53.5 Å². The van der Waals surface area contributed by atoms with Gasteiger partial charge in [-0.2, -0.15) is 0 Å². The number of ether oxygens (including phenoxy) is 1. The second-order valence-electron chi connectivity index (χ2n) is 5.95. The molecule has 1 unspecified atom stereocenters. The van der Waals surface area contributed by atoms with E-state index < -0.39 is 0 Å². The SMILES string of the molecule is COc1ccc(NC(N)=NCC(C)N(C)Cc2ccccc2)cc1Cl. The van der Waals surface area contributed by atoms with Crippen LogP contribution in [-0.4, -0.2) is 37.6 Å². The van der Waals surface area contributed by atoms with Crippen LogP contribution in [0.3, 0.4) is 0 Å². The Hall–Kier alpha value is -2.24. The van der Waals surface area contributed by atoms with Crippen molar-refractivity contribution in [3.8, 4) is 5.75 Å². The number of halogens is 1. The first-order chi connectivity index (χ1) is 12.0. The minimum atomic E-state index is 0.264. The summed E-state index contributed by atoms with van der Waals surface area (Å²) in [6.07, 6.45) is 0. The number of hydrogen-bond donors (Lipinski definition) is 2. The number of benzene rings is 2. The van der Waals surface area contributed by atoms with Crippen LogP contribution in [0.25, 0.3) is 0 Å². The van der Waals surface area contributed by atoms with Gasteiger partial charge in [0.05, 0.1) is 18.7 Å². The van der Waals surface area contributed by atoms with Gasteiger partial charge in [-0.1, -0.05) is 41.9 Å². The quantitative estimate of drug-likeness (QED) is 0.585. The van der Waals surface area contributed by atoms with Gasteiger partial charge in [-0.15, -0.1) is 0 Å². The fourth-order valence-corrected chi connectivity index (χ4v) is 2.59. The second kappa shape index (κ2) is 9.30. The highest BCUT2D eigenvalue weighted by Crippen LogP contribution is 2.27. The molecule has 2 aromatic rings. The molecule has 6 heteroatoms. The summed E-state index contributed by atoms with van der Waals surface area (Å²) in [4.78, 5) is 6.67. The van der Waals surface area contributed by atoms with Crippen molar-refractivity contribution < 1.29 is 4.74 Å². The third-order valence-electron chi connectivity index (χ3n) is 3.98. The average molecular weight is 361 g/mol. The molecule has 0 saturated heterocycles. The topological polar surface area (TPSA) is 62.9 Å². The zero-order chi connectivity index (χ0) is 18.2. The molecule has 0 heterocycles. The summed E-state index contributed by atoms with van der Waals surface area (Å²) >= 11 is 6.11. The molecule has 1 atom stereocenters. The maximum Gasteiger partial charge on any atom is 0.193 e. The Morgan fingerprint density at radius 2 is 2.00 bits per heavy atom. The third kappa shape index (κ3) is 5.96. The van der Waals surface area contributed by atoms with Crippen molar-refractivity contribution in [3.05, 3.63) is 59.1 Å². The van der Waals surface area contributed by atoms with Crippen LogP contribution >= 0.6 is 11.6 Å². The number of anilines is 1. The van der Waals surface area contributed by atoms with Crippen molar-refractivity contribution >= 4 is 23.2 Å². The summed E-state index contributed by atoms with van der Waals surface area (Å²) in [7, 11) is 3.66. The molecular formula is C19H25ClN4O. The van der Waals surface area contributed by atoms with Gasteiger partial charge in [0.2, 0.25) is 0 Å². The molecule has 0 bridgehead atoms. The Morgan fingerprint density at radius 3 is 2.64 bits per heavy atom. The minimum Gasteiger partial charge on any atom is -0.495 e. The van der Waals surface area contributed by atoms with Gasteiger partial charge in [-0.05, 0) is 37.7 Å². The van der Waals surface area contributed by atoms with E-state index in [1.54, 1.807) is 19.2 Å². The van der Waals surface area contributed by atoms with E-state index in [4.69, 9.17) is 22.1 Å². The van der Waals surface area contributed by atoms with Crippen LogP contribution in [0.2, 0.25) is 5.02 Å². The summed E-state index contributed by atoms with van der Waals surface area (Å²) in [5, 5.41) is 3.57. The molecule has 2 aromatic carbocycles. The van der Waals surface area contributed by atoms with Crippen molar-refractivity contribution in [3.63, 3.8) is 0 Å². The molecule has 0 radical (unpaired) electrons. The molecule has 0 amide bonds. The Morgan fingerprint density at radius 1 is 1.28 bits per heavy atom. The number of nitrogens with one attached hydrogen (secondary N) is 1. The zero-order valence-electron chi connectivity index (χ0n) is 14.9. The first-order valence-corrected chi connectivity index (χ1v) is 8.52. The smallest absolute Gasteiger partial charge is 0.193 e. The maximum absolute atomic E-state index is 6.11. The Bertz CT molecular complexity index is 706. The van der Waals surface area contributed by atoms with Gasteiger partial charge in [0.25, 0.3) is 0 Å². The maximum atomic E-state index is 6.11. The molecule has 0 aliphatic heterocycles. The van der Waals surface area contributed by atoms with E-state index in [1.807, 2.05) is 24.3 Å². The summed E-state index contributed by atoms with van der Waals surface area (Å²) in [6, 6.07) is 16.0. The van der Waals surface area contributed by atoms with Crippen LogP contribution in [0, 0.1) is 0 Å². The third-order valence-corrected chi connectivity index (χ3v) is 4.27. The van der Waals surface area contributed by atoms with Gasteiger partial charge in [0.1, 0.15) is 5.75 Å². The average Bonchev–Trinajstić information content (AvgIpc) is 2.60. The summed E-state index contributed by atoms with van der Waals surface area (Å²) < 4.78 is 5.13. The number of methoxy groups -OCH3 is 1. The molecule has 0 saturated carbocycles. The van der Waals surface area contributed by atoms with E-state index in [1.165, 1.54) is 5.56 Å². The van der Waals surface area contributed by atoms with Crippen molar-refractivity contribution in [2.24, 2.45) is 10.7 Å². The van der Waals surface area contributed by atoms with Crippen LogP contribution in [0.5, 0.6) is 5.75 Å². The van der Waals surface area contributed by atoms with E-state index in [0.717, 1.165) is 12.2 Å². The lowest BCUT2D eigenvalue weighted by atomic mass is 10.2. The Balaban J connectivity index is 1.88. The van der Waals surface area contributed by atoms with Gasteiger partial charge >= 0.3 is 0 Å². The predicted molar refractivity (Wildman–Crippen MR) is 105 cm³/mol. The van der Waals surface area contributed by atoms with Crippen molar-refractivity contribution in [2.45, 2.75) is 19.5 Å². The Labute approximate surface area is 154 Å². The largest absolute Gasteiger partial charge is 0.495 e. The highest BCUT2D eigenvalue weighted by molar-refractivity contribution is 6.32. The number of hydrogen-bond acceptors (Lipinski definition) is 3. The monoisotopic (exact) mass is 360 g/mol. The minimum absolute atomic E-state index is 0.264. The van der Waals surface area contributed by atoms with Gasteiger partial charge in [0, 0.05) is 18.3 Å². The number of likely N-dealkylation sites (N-methyl/N-ethyl adjacent to an activating group) is 1. The number of nitrogens with zero attached hydrogens (tertiary/aromatic N) is 2. The number of aliphatic imine (C=N–C) groups is 1. The van der Waals surface area contributed by atoms with E-state index in [9.17, 15) is 0 Å². The molecule has 3 N–H and O–H groups in total. The second-order valence-corrected chi connectivity index (χ2v) is 6.36. The van der Waals surface area contributed by atoms with Gasteiger partial charge in [-0.3, -0.25) is 9.89 Å². The van der Waals surface area contributed by atoms with Crippen molar-refractivity contribution in [2.75, 3.05) is 26.0 Å². The molecule has 0 aliphatic carbocycles. The lowest BCUT2D eigenvalue weighted by molar-refractivity contribution is 0.255. The standard InChI is InChI=1S/C19H25ClN4O/c1-14(24(2)13-15-7-5-4-6-8-15)12-22-19(21)23-16-9-10-18(25-3)17(20)11-16/h4-11,14H,12-13H2,1-3H3,(H3,21,22,23). The summed E-state index contributed by atoms with van der Waals surface area (Å²) in [6.45, 7) is 3.61. The van der Waals surface area contributed by atoms with Gasteiger partial charge in [-0.25, -0.2) is 0 Å². The molecule has 134 valence electrons. The van der Waals surface area contributed by atoms with E-state index in [0.29, 0.717) is 23.3 Å². The molecule has 0 fully saturated rings. The van der Waals surface area contributed by atoms with Gasteiger partial charge < -0.3 is 15.8 Å². The number of rotatable bonds is 7. The van der Waals surface area contributed by atoms with E-state index in [-0.39, 0.29) is 6.04 Å². The van der Waals surface area contributed by atoms with Crippen LogP contribution in [0.4, 0.5) is 5.69 Å². The van der Waals surface area contributed by atoms with Gasteiger partial charge in [0.15, 0.2) is 5.96 Å². The summed E-state index contributed by atoms with van der Waals surface area (Å²) in [5.74, 6) is 0.986. The molecule has 0 spiro atoms. The molecule has 0 aliphatic rings. The number of guanidine groups is 1. The zero-order valence-corrected chi connectivity index (χ0v) is 15.6. The normalized spacial score (nSPS) is 12.9. The van der Waals surface area contributed by atoms with Crippen molar-refractivity contribution in [1.29, 1.82) is 0 Å². The lowest BCUT2D eigenvalue weighted by Crippen LogP contribution is -2.32. The fourth-order valence-electron chi connectivity index (χ4n) is 2.33. The summed E-state index contributed by atoms with van der Waals surface area (Å²) in [5.41, 5.74) is 8.03. The first-order valence-electron chi connectivity index (χ1n) is 8.14. The van der Waals surface area contributed by atoms with E-state index >= 15 is 0 Å². The highest BCUT2D eigenvalue weighted by atomic mass is 35.5. The fraction of sp³-hybridized carbons (Fsp3) is 0.316. The van der Waals surface area contributed by atoms with Crippen LogP contribution < -0.4 is 15.8 Å². The molecule has 5 nitrogen and oxygen atoms in total.